The third-order valence-corrected chi connectivity index (χ3v) is 5.75. The number of carbonyl (C=O) groups is 1. The quantitative estimate of drug-likeness (QED) is 0.698. The molecule has 28 heavy (non-hydrogen) atoms. The van der Waals surface area contributed by atoms with Gasteiger partial charge in [-0.2, -0.15) is 0 Å². The van der Waals surface area contributed by atoms with Crippen molar-refractivity contribution in [3.05, 3.63) is 40.3 Å². The van der Waals surface area contributed by atoms with Crippen LogP contribution in [-0.4, -0.2) is 34.7 Å². The van der Waals surface area contributed by atoms with Gasteiger partial charge in [0, 0.05) is 11.9 Å². The van der Waals surface area contributed by atoms with Crippen LogP contribution in [-0.2, 0) is 4.74 Å². The lowest BCUT2D eigenvalue weighted by molar-refractivity contribution is 0.00899. The molecule has 0 radical (unpaired) electrons. The summed E-state index contributed by atoms with van der Waals surface area (Å²) in [5, 5.41) is 2.91. The van der Waals surface area contributed by atoms with Crippen molar-refractivity contribution in [3.8, 4) is 11.5 Å². The standard InChI is InChI=1S/C21H26N2O4S/c1-21(2,3)27-20(24)23-11-7-6-8-15(23)14-13-28-19(22-14)18-12-25-16-9-4-5-10-17(16)26-18/h4-5,9-10,13,15,18H,6-8,11-12H2,1-3H3/t15?,18-/m1/s1. The first kappa shape index (κ1) is 19.1. The minimum Gasteiger partial charge on any atom is -0.485 e. The molecular weight excluding hydrogens is 376 g/mol. The largest absolute Gasteiger partial charge is 0.485 e. The maximum Gasteiger partial charge on any atom is 0.410 e. The minimum atomic E-state index is -0.507. The van der Waals surface area contributed by atoms with E-state index in [2.05, 4.69) is 0 Å². The van der Waals surface area contributed by atoms with E-state index in [1.54, 1.807) is 11.3 Å². The summed E-state index contributed by atoms with van der Waals surface area (Å²) in [4.78, 5) is 19.3. The number of carbonyl (C=O) groups excluding carboxylic acids is 1. The van der Waals surface area contributed by atoms with Gasteiger partial charge in [-0.25, -0.2) is 9.78 Å². The third-order valence-electron chi connectivity index (χ3n) is 4.80. The molecular formula is C21H26N2O4S. The van der Waals surface area contributed by atoms with Crippen molar-refractivity contribution in [3.63, 3.8) is 0 Å². The van der Waals surface area contributed by atoms with Crippen molar-refractivity contribution in [1.29, 1.82) is 0 Å². The summed E-state index contributed by atoms with van der Waals surface area (Å²) >= 11 is 1.56. The van der Waals surface area contributed by atoms with E-state index in [9.17, 15) is 4.79 Å². The normalized spacial score (nSPS) is 22.0. The Bertz CT molecular complexity index is 845. The van der Waals surface area contributed by atoms with Gasteiger partial charge in [0.2, 0.25) is 0 Å². The molecule has 150 valence electrons. The van der Waals surface area contributed by atoms with Crippen molar-refractivity contribution in [2.45, 2.75) is 57.8 Å². The molecule has 0 bridgehead atoms. The second-order valence-electron chi connectivity index (χ2n) is 8.16. The maximum atomic E-state index is 12.7. The average Bonchev–Trinajstić information content (AvgIpc) is 3.16. The third kappa shape index (κ3) is 4.09. The molecule has 2 aromatic rings. The minimum absolute atomic E-state index is 0.0506. The van der Waals surface area contributed by atoms with E-state index in [4.69, 9.17) is 19.2 Å². The number of nitrogens with zero attached hydrogens (tertiary/aromatic N) is 2. The molecule has 0 aliphatic carbocycles. The number of aromatic nitrogens is 1. The highest BCUT2D eigenvalue weighted by molar-refractivity contribution is 7.09. The number of hydrogen-bond acceptors (Lipinski definition) is 6. The van der Waals surface area contributed by atoms with Crippen molar-refractivity contribution >= 4 is 17.4 Å². The first-order chi connectivity index (χ1) is 13.4. The number of ether oxygens (including phenoxy) is 3. The Morgan fingerprint density at radius 3 is 2.82 bits per heavy atom. The molecule has 2 aliphatic rings. The average molecular weight is 403 g/mol. The van der Waals surface area contributed by atoms with E-state index >= 15 is 0 Å². The number of fused-ring (bicyclic) bond motifs is 1. The van der Waals surface area contributed by atoms with Crippen molar-refractivity contribution in [1.82, 2.24) is 9.88 Å². The number of amides is 1. The second-order valence-corrected chi connectivity index (χ2v) is 9.05. The zero-order valence-electron chi connectivity index (χ0n) is 16.5. The summed E-state index contributed by atoms with van der Waals surface area (Å²) in [7, 11) is 0. The molecule has 0 saturated carbocycles. The zero-order chi connectivity index (χ0) is 19.7. The molecule has 0 N–H and O–H groups in total. The Morgan fingerprint density at radius 2 is 2.04 bits per heavy atom. The van der Waals surface area contributed by atoms with Crippen molar-refractivity contribution in [2.24, 2.45) is 0 Å². The van der Waals surface area contributed by atoms with Gasteiger partial charge in [-0.1, -0.05) is 12.1 Å². The van der Waals surface area contributed by atoms with Crippen LogP contribution in [0.4, 0.5) is 4.79 Å². The van der Waals surface area contributed by atoms with Gasteiger partial charge in [-0.3, -0.25) is 4.90 Å². The van der Waals surface area contributed by atoms with E-state index in [1.165, 1.54) is 0 Å². The molecule has 3 heterocycles. The summed E-state index contributed by atoms with van der Waals surface area (Å²) in [6.07, 6.45) is 2.47. The van der Waals surface area contributed by atoms with Gasteiger partial charge in [-0.05, 0) is 52.2 Å². The predicted molar refractivity (Wildman–Crippen MR) is 107 cm³/mol. The molecule has 1 fully saturated rings. The lowest BCUT2D eigenvalue weighted by Gasteiger charge is -2.36. The molecule has 1 amide bonds. The first-order valence-corrected chi connectivity index (χ1v) is 10.6. The lowest BCUT2D eigenvalue weighted by Crippen LogP contribution is -2.42. The number of benzene rings is 1. The van der Waals surface area contributed by atoms with Crippen LogP contribution < -0.4 is 9.47 Å². The second kappa shape index (κ2) is 7.62. The van der Waals surface area contributed by atoms with Crippen molar-refractivity contribution in [2.75, 3.05) is 13.2 Å². The summed E-state index contributed by atoms with van der Waals surface area (Å²) in [6, 6.07) is 7.61. The molecule has 1 aromatic heterocycles. The summed E-state index contributed by atoms with van der Waals surface area (Å²) in [5.41, 5.74) is 0.403. The Morgan fingerprint density at radius 1 is 1.25 bits per heavy atom. The van der Waals surface area contributed by atoms with Crippen LogP contribution in [0, 0.1) is 0 Å². The highest BCUT2D eigenvalue weighted by Gasteiger charge is 2.34. The number of para-hydroxylation sites is 2. The van der Waals surface area contributed by atoms with Crippen LogP contribution in [0.25, 0.3) is 0 Å². The number of piperidine rings is 1. The monoisotopic (exact) mass is 402 g/mol. The molecule has 1 saturated heterocycles. The number of likely N-dealkylation sites (tertiary alicyclic amines) is 1. The summed E-state index contributed by atoms with van der Waals surface area (Å²) < 4.78 is 17.5. The molecule has 6 nitrogen and oxygen atoms in total. The zero-order valence-corrected chi connectivity index (χ0v) is 17.3. The Balaban J connectivity index is 1.50. The number of thiazole rings is 1. The van der Waals surface area contributed by atoms with E-state index in [1.807, 2.05) is 55.3 Å². The summed E-state index contributed by atoms with van der Waals surface area (Å²) in [6.45, 7) is 6.81. The molecule has 2 atom stereocenters. The van der Waals surface area contributed by atoms with Crippen LogP contribution in [0.5, 0.6) is 11.5 Å². The lowest BCUT2D eigenvalue weighted by atomic mass is 10.0. The van der Waals surface area contributed by atoms with Gasteiger partial charge in [0.25, 0.3) is 0 Å². The molecule has 1 unspecified atom stereocenters. The van der Waals surface area contributed by atoms with Crippen LogP contribution in [0.3, 0.4) is 0 Å². The van der Waals surface area contributed by atoms with Gasteiger partial charge in [0.05, 0.1) is 11.7 Å². The SMILES string of the molecule is CC(C)(C)OC(=O)N1CCCCC1c1csc([C@H]2COc3ccccc3O2)n1. The van der Waals surface area contributed by atoms with Gasteiger partial charge in [0.1, 0.15) is 17.2 Å². The Labute approximate surface area is 169 Å². The van der Waals surface area contributed by atoms with Gasteiger partial charge >= 0.3 is 6.09 Å². The molecule has 7 heteroatoms. The molecule has 2 aliphatic heterocycles. The topological polar surface area (TPSA) is 60.9 Å². The molecule has 0 spiro atoms. The smallest absolute Gasteiger partial charge is 0.410 e. The molecule has 4 rings (SSSR count). The number of hydrogen-bond donors (Lipinski definition) is 0. The molecule has 1 aromatic carbocycles. The van der Waals surface area contributed by atoms with Crippen molar-refractivity contribution < 1.29 is 19.0 Å². The Kier molecular flexibility index (Phi) is 5.19. The van der Waals surface area contributed by atoms with Gasteiger partial charge in [0.15, 0.2) is 17.6 Å². The highest BCUT2D eigenvalue weighted by Crippen LogP contribution is 2.38. The highest BCUT2D eigenvalue weighted by atomic mass is 32.1. The van der Waals surface area contributed by atoms with Crippen LogP contribution in [0.1, 0.15) is 62.9 Å². The van der Waals surface area contributed by atoms with E-state index < -0.39 is 5.60 Å². The van der Waals surface area contributed by atoms with Gasteiger partial charge < -0.3 is 14.2 Å². The van der Waals surface area contributed by atoms with E-state index in [0.29, 0.717) is 13.2 Å². The maximum absolute atomic E-state index is 12.7. The van der Waals surface area contributed by atoms with Crippen LogP contribution >= 0.6 is 11.3 Å². The van der Waals surface area contributed by atoms with E-state index in [0.717, 1.165) is 41.5 Å². The van der Waals surface area contributed by atoms with E-state index in [-0.39, 0.29) is 18.2 Å². The van der Waals surface area contributed by atoms with Crippen LogP contribution in [0.2, 0.25) is 0 Å². The fourth-order valence-electron chi connectivity index (χ4n) is 3.52. The van der Waals surface area contributed by atoms with Gasteiger partial charge in [-0.15, -0.1) is 11.3 Å². The fourth-order valence-corrected chi connectivity index (χ4v) is 4.40. The summed E-state index contributed by atoms with van der Waals surface area (Å²) in [5.74, 6) is 1.50. The van der Waals surface area contributed by atoms with Crippen LogP contribution in [0.15, 0.2) is 29.6 Å². The fraction of sp³-hybridized carbons (Fsp3) is 0.524. The first-order valence-electron chi connectivity index (χ1n) is 9.74. The predicted octanol–water partition coefficient (Wildman–Crippen LogP) is 5.12. The Hall–Kier alpha value is -2.28. The number of rotatable bonds is 2.